The summed E-state index contributed by atoms with van der Waals surface area (Å²) in [5.41, 5.74) is 1.18. The Balaban J connectivity index is 1.88. The first-order chi connectivity index (χ1) is 14.3. The highest BCUT2D eigenvalue weighted by molar-refractivity contribution is 6.16. The van der Waals surface area contributed by atoms with Gasteiger partial charge in [-0.3, -0.25) is 0 Å². The minimum absolute atomic E-state index is 0.590. The molecule has 1 aromatic heterocycles. The minimum atomic E-state index is 0.590. The predicted octanol–water partition coefficient (Wildman–Crippen LogP) is 6.79. The number of nitriles is 2. The molecule has 3 nitrogen and oxygen atoms in total. The Morgan fingerprint density at radius 3 is 1.34 bits per heavy atom. The lowest BCUT2D eigenvalue weighted by Gasteiger charge is -2.11. The zero-order chi connectivity index (χ0) is 19.5. The zero-order valence-corrected chi connectivity index (χ0v) is 15.2. The maximum Gasteiger partial charge on any atom is 0.100 e. The number of hydrogen-bond donors (Lipinski definition) is 0. The maximum absolute atomic E-state index is 10.0. The molecule has 0 saturated carbocycles. The van der Waals surface area contributed by atoms with Crippen LogP contribution in [0.5, 0.6) is 0 Å². The van der Waals surface area contributed by atoms with Gasteiger partial charge < -0.3 is 4.42 Å². The third kappa shape index (κ3) is 2.10. The normalized spacial score (nSPS) is 11.4. The molecular formula is C26H12N2O. The molecule has 0 aliphatic heterocycles. The van der Waals surface area contributed by atoms with Crippen LogP contribution in [0.4, 0.5) is 0 Å². The Labute approximate surface area is 165 Å². The van der Waals surface area contributed by atoms with Crippen molar-refractivity contribution >= 4 is 53.9 Å². The van der Waals surface area contributed by atoms with Gasteiger partial charge in [0.05, 0.1) is 23.7 Å². The van der Waals surface area contributed by atoms with Crippen LogP contribution in [0.25, 0.3) is 53.9 Å². The third-order valence-electron chi connectivity index (χ3n) is 5.76. The van der Waals surface area contributed by atoms with Gasteiger partial charge in [-0.1, -0.05) is 24.3 Å². The second kappa shape index (κ2) is 5.58. The Kier molecular flexibility index (Phi) is 3.02. The van der Waals surface area contributed by atoms with Crippen molar-refractivity contribution in [3.05, 3.63) is 84.3 Å². The summed E-state index contributed by atoms with van der Waals surface area (Å²) < 4.78 is 5.32. The summed E-state index contributed by atoms with van der Waals surface area (Å²) in [7, 11) is 0. The molecular weight excluding hydrogens is 356 g/mol. The fraction of sp³-hybridized carbons (Fsp3) is 0. The quantitative estimate of drug-likeness (QED) is 0.277. The van der Waals surface area contributed by atoms with Gasteiger partial charge in [-0.05, 0) is 57.9 Å². The van der Waals surface area contributed by atoms with Crippen LogP contribution in [0.1, 0.15) is 11.1 Å². The highest BCUT2D eigenvalue weighted by Crippen LogP contribution is 2.37. The van der Waals surface area contributed by atoms with Crippen LogP contribution in [0.3, 0.4) is 0 Å². The topological polar surface area (TPSA) is 60.7 Å². The van der Waals surface area contributed by atoms with Crippen molar-refractivity contribution in [3.8, 4) is 12.1 Å². The zero-order valence-electron chi connectivity index (χ0n) is 15.2. The van der Waals surface area contributed by atoms with Gasteiger partial charge in [0.2, 0.25) is 0 Å². The average molecular weight is 368 g/mol. The summed E-state index contributed by atoms with van der Waals surface area (Å²) in [5.74, 6) is 0. The van der Waals surface area contributed by atoms with Crippen molar-refractivity contribution in [2.24, 2.45) is 0 Å². The second-order valence-corrected chi connectivity index (χ2v) is 7.32. The molecule has 3 heteroatoms. The van der Waals surface area contributed by atoms with Gasteiger partial charge in [0, 0.05) is 32.3 Å². The lowest BCUT2D eigenvalue weighted by molar-refractivity contribution is 0.572. The molecule has 1 heterocycles. The fourth-order valence-electron chi connectivity index (χ4n) is 4.37. The van der Waals surface area contributed by atoms with Crippen molar-refractivity contribution in [3.63, 3.8) is 0 Å². The van der Waals surface area contributed by atoms with Gasteiger partial charge in [0.1, 0.15) is 12.1 Å². The first-order valence-electron chi connectivity index (χ1n) is 9.29. The second-order valence-electron chi connectivity index (χ2n) is 7.32. The lowest BCUT2D eigenvalue weighted by Crippen LogP contribution is -1.91. The van der Waals surface area contributed by atoms with E-state index in [1.54, 1.807) is 12.5 Å². The molecule has 29 heavy (non-hydrogen) atoms. The van der Waals surface area contributed by atoms with E-state index in [-0.39, 0.29) is 0 Å². The molecule has 6 rings (SSSR count). The van der Waals surface area contributed by atoms with Gasteiger partial charge in [-0.2, -0.15) is 10.5 Å². The summed E-state index contributed by atoms with van der Waals surface area (Å²) in [6.45, 7) is 0. The molecule has 0 aliphatic carbocycles. The SMILES string of the molecule is N#Cc1c2cc3cocc3cc2c(C#N)c2cc3cc4ccccc4cc3cc12. The van der Waals surface area contributed by atoms with Crippen LogP contribution in [0.2, 0.25) is 0 Å². The number of rotatable bonds is 0. The highest BCUT2D eigenvalue weighted by Gasteiger charge is 2.16. The Bertz CT molecular complexity index is 1600. The van der Waals surface area contributed by atoms with E-state index in [2.05, 4.69) is 36.4 Å². The summed E-state index contributed by atoms with van der Waals surface area (Å²) in [6, 6.07) is 25.2. The van der Waals surface area contributed by atoms with E-state index in [0.717, 1.165) is 53.9 Å². The molecule has 5 aromatic carbocycles. The molecule has 132 valence electrons. The number of furan rings is 1. The number of fused-ring (bicyclic) bond motifs is 5. The van der Waals surface area contributed by atoms with Crippen LogP contribution < -0.4 is 0 Å². The van der Waals surface area contributed by atoms with Crippen LogP contribution in [-0.2, 0) is 0 Å². The standard InChI is InChI=1S/C26H12N2O/c27-11-25-21-7-17-5-15-3-1-2-4-16(15)6-18(17)8-22(21)26(12-28)24-10-20-14-29-13-19(20)9-23(24)25/h1-10,13-14H. The largest absolute Gasteiger partial charge is 0.471 e. The Morgan fingerprint density at radius 2 is 0.931 bits per heavy atom. The van der Waals surface area contributed by atoms with Crippen molar-refractivity contribution in [1.29, 1.82) is 10.5 Å². The van der Waals surface area contributed by atoms with E-state index >= 15 is 0 Å². The average Bonchev–Trinajstić information content (AvgIpc) is 3.21. The lowest BCUT2D eigenvalue weighted by atomic mass is 9.89. The first kappa shape index (κ1) is 15.7. The van der Waals surface area contributed by atoms with E-state index < -0.39 is 0 Å². The molecule has 0 atom stereocenters. The van der Waals surface area contributed by atoms with Crippen molar-refractivity contribution in [2.45, 2.75) is 0 Å². The molecule has 0 saturated heterocycles. The number of hydrogen-bond acceptors (Lipinski definition) is 3. The van der Waals surface area contributed by atoms with Gasteiger partial charge >= 0.3 is 0 Å². The van der Waals surface area contributed by atoms with Gasteiger partial charge in [-0.25, -0.2) is 0 Å². The predicted molar refractivity (Wildman–Crippen MR) is 116 cm³/mol. The summed E-state index contributed by atoms with van der Waals surface area (Å²) >= 11 is 0. The van der Waals surface area contributed by atoms with E-state index in [0.29, 0.717) is 11.1 Å². The number of benzene rings is 5. The first-order valence-corrected chi connectivity index (χ1v) is 9.29. The monoisotopic (exact) mass is 368 g/mol. The van der Waals surface area contributed by atoms with Crippen molar-refractivity contribution < 1.29 is 4.42 Å². The minimum Gasteiger partial charge on any atom is -0.471 e. The van der Waals surface area contributed by atoms with E-state index in [9.17, 15) is 10.5 Å². The van der Waals surface area contributed by atoms with Crippen LogP contribution in [0.15, 0.2) is 77.6 Å². The molecule has 6 aromatic rings. The fourth-order valence-corrected chi connectivity index (χ4v) is 4.37. The van der Waals surface area contributed by atoms with E-state index in [4.69, 9.17) is 4.42 Å². The van der Waals surface area contributed by atoms with Gasteiger partial charge in [0.25, 0.3) is 0 Å². The molecule has 0 bridgehead atoms. The van der Waals surface area contributed by atoms with Crippen LogP contribution in [0, 0.1) is 22.7 Å². The number of nitrogens with zero attached hydrogens (tertiary/aromatic N) is 2. The molecule has 0 unspecified atom stereocenters. The smallest absolute Gasteiger partial charge is 0.100 e. The van der Waals surface area contributed by atoms with Crippen LogP contribution >= 0.6 is 0 Å². The molecule has 0 N–H and O–H groups in total. The van der Waals surface area contributed by atoms with Crippen molar-refractivity contribution in [1.82, 2.24) is 0 Å². The molecule has 0 radical (unpaired) electrons. The van der Waals surface area contributed by atoms with Gasteiger partial charge in [-0.15, -0.1) is 0 Å². The molecule has 0 spiro atoms. The summed E-state index contributed by atoms with van der Waals surface area (Å²) in [4.78, 5) is 0. The molecule has 0 amide bonds. The van der Waals surface area contributed by atoms with Crippen molar-refractivity contribution in [2.75, 3.05) is 0 Å². The third-order valence-corrected chi connectivity index (χ3v) is 5.76. The summed E-state index contributed by atoms with van der Waals surface area (Å²) in [6.07, 6.45) is 3.33. The van der Waals surface area contributed by atoms with Crippen LogP contribution in [-0.4, -0.2) is 0 Å². The summed E-state index contributed by atoms with van der Waals surface area (Å²) in [5, 5.41) is 29.5. The Morgan fingerprint density at radius 1 is 0.517 bits per heavy atom. The van der Waals surface area contributed by atoms with E-state index in [1.165, 1.54) is 0 Å². The maximum atomic E-state index is 10.0. The molecule has 0 fully saturated rings. The molecule has 0 aliphatic rings. The Hall–Kier alpha value is -4.34. The van der Waals surface area contributed by atoms with Gasteiger partial charge in [0.15, 0.2) is 0 Å². The highest BCUT2D eigenvalue weighted by atomic mass is 16.3. The van der Waals surface area contributed by atoms with E-state index in [1.807, 2.05) is 36.4 Å².